The van der Waals surface area contributed by atoms with Gasteiger partial charge in [-0.15, -0.1) is 0 Å². The summed E-state index contributed by atoms with van der Waals surface area (Å²) in [5.74, 6) is 2.07. The Kier molecular flexibility index (Phi) is 10.4. The molecule has 6 heteroatoms. The van der Waals surface area contributed by atoms with Crippen molar-refractivity contribution in [3.8, 4) is 67.4 Å². The van der Waals surface area contributed by atoms with Gasteiger partial charge in [-0.2, -0.15) is 0 Å². The number of aromatic nitrogens is 3. The van der Waals surface area contributed by atoms with Crippen LogP contribution in [0.15, 0.2) is 200 Å². The monoisotopic (exact) mass is 1020 g/mol. The first kappa shape index (κ1) is 40.4. The van der Waals surface area contributed by atoms with Gasteiger partial charge in [0.1, 0.15) is 0 Å². The van der Waals surface area contributed by atoms with Crippen molar-refractivity contribution in [2.45, 2.75) is 32.7 Å². The van der Waals surface area contributed by atoms with Crippen molar-refractivity contribution in [1.29, 1.82) is 0 Å². The normalized spacial score (nSPS) is 12.2. The average molecular weight is 1020 g/mol. The third kappa shape index (κ3) is 7.56. The maximum absolute atomic E-state index is 6.75. The number of anilines is 2. The molecule has 0 saturated carbocycles. The molecule has 1 aliphatic rings. The molecule has 0 fully saturated rings. The third-order valence-electron chi connectivity index (χ3n) is 12.2. The van der Waals surface area contributed by atoms with E-state index in [2.05, 4.69) is 242 Å². The van der Waals surface area contributed by atoms with Crippen LogP contribution in [0, 0.1) is 15.9 Å². The molecule has 0 bridgehead atoms. The summed E-state index contributed by atoms with van der Waals surface area (Å²) < 4.78 is 12.4. The van der Waals surface area contributed by atoms with E-state index in [0.717, 1.165) is 65.5 Å². The van der Waals surface area contributed by atoms with E-state index in [0.29, 0.717) is 18.0 Å². The second kappa shape index (κ2) is 16.7. The molecule has 0 amide bonds. The molecule has 0 spiro atoms. The minimum absolute atomic E-state index is 0.0398. The van der Waals surface area contributed by atoms with E-state index in [4.69, 9.17) is 9.72 Å². The van der Waals surface area contributed by atoms with Crippen LogP contribution in [0.4, 0.5) is 11.5 Å². The molecule has 11 rings (SSSR count). The fraction of sp³-hybridized carbons (Fsp3) is 0.0847. The fourth-order valence-electron chi connectivity index (χ4n) is 9.01. The first-order valence-electron chi connectivity index (χ1n) is 21.9. The number of pyridine rings is 1. The predicted octanol–water partition coefficient (Wildman–Crippen LogP) is 14.9. The van der Waals surface area contributed by atoms with Gasteiger partial charge in [-0.05, 0) is 34.2 Å². The number of rotatable bonds is 8. The van der Waals surface area contributed by atoms with Gasteiger partial charge in [-0.1, -0.05) is 57.2 Å². The fourth-order valence-corrected chi connectivity index (χ4v) is 10.1. The molecule has 0 aliphatic carbocycles. The van der Waals surface area contributed by atoms with Crippen LogP contribution in [-0.2, 0) is 31.3 Å². The van der Waals surface area contributed by atoms with E-state index < -0.39 is 0 Å². The number of fused-ring (bicyclic) bond motifs is 4. The van der Waals surface area contributed by atoms with Gasteiger partial charge in [0.15, 0.2) is 0 Å². The van der Waals surface area contributed by atoms with Crippen LogP contribution < -0.4 is 9.64 Å². The summed E-state index contributed by atoms with van der Waals surface area (Å²) in [6.07, 6.45) is 1.92. The SMILES string of the molecule is CC(C)(C)c1ccnc(N2Cc3cc(-c4ccccc4)ccc3-c3ccc(Oc4[c-]c(-n5[c](=[Pt])n(-c6c(-c7ccccc7)cccc6-c6ccccc6)c6ccccc65)ccc4)[c-]c32)c1. The Hall–Kier alpha value is -7.33. The van der Waals surface area contributed by atoms with Crippen LogP contribution in [0.25, 0.3) is 66.9 Å². The van der Waals surface area contributed by atoms with Crippen molar-refractivity contribution < 1.29 is 24.1 Å². The molecule has 65 heavy (non-hydrogen) atoms. The summed E-state index contributed by atoms with van der Waals surface area (Å²) in [5, 5.41) is 0. The average Bonchev–Trinajstić information content (AvgIpc) is 3.65. The van der Waals surface area contributed by atoms with Gasteiger partial charge >= 0.3 is 296 Å². The summed E-state index contributed by atoms with van der Waals surface area (Å²) in [6.45, 7) is 7.36. The molecule has 0 unspecified atom stereocenters. The standard InChI is InChI=1S/C59H44N4O.Pt/c1-59(2,3)46-33-34-60-57(36-46)61-39-45-35-44(41-17-7-4-8-18-41)29-31-50(45)53-32-30-49(38-56(53)61)64-48-24-15-23-47(37-48)62-40-63(55-28-14-13-27-54(55)62)58-51(42-19-9-5-10-20-42)25-16-26-52(58)43-21-11-6-12-22-43;/h4-36H,39H2,1-3H3;/q-2;. The molecule has 3 heterocycles. The molecule has 0 saturated heterocycles. The first-order valence-corrected chi connectivity index (χ1v) is 23.0. The Morgan fingerprint density at radius 3 is 1.80 bits per heavy atom. The Balaban J connectivity index is 1.01. The summed E-state index contributed by atoms with van der Waals surface area (Å²) in [4.78, 5) is 7.22. The molecule has 0 N–H and O–H groups in total. The minimum atomic E-state index is -0.0398. The van der Waals surface area contributed by atoms with E-state index >= 15 is 0 Å². The number of hydrogen-bond donors (Lipinski definition) is 0. The van der Waals surface area contributed by atoms with Gasteiger partial charge in [0, 0.05) is 6.20 Å². The second-order valence-corrected chi connectivity index (χ2v) is 18.4. The molecule has 1 aliphatic heterocycles. The van der Waals surface area contributed by atoms with Crippen molar-refractivity contribution in [3.63, 3.8) is 0 Å². The van der Waals surface area contributed by atoms with Crippen LogP contribution in [0.1, 0.15) is 31.9 Å². The molecular formula is C59H44N4OPt-2. The van der Waals surface area contributed by atoms with Gasteiger partial charge in [0.2, 0.25) is 0 Å². The molecule has 8 aromatic carbocycles. The Bertz CT molecular complexity index is 3380. The predicted molar refractivity (Wildman–Crippen MR) is 261 cm³/mol. The Morgan fingerprint density at radius 1 is 0.523 bits per heavy atom. The van der Waals surface area contributed by atoms with Crippen LogP contribution in [0.5, 0.6) is 11.5 Å². The van der Waals surface area contributed by atoms with E-state index in [1.165, 1.54) is 27.8 Å². The van der Waals surface area contributed by atoms with Gasteiger partial charge in [-0.3, -0.25) is 0 Å². The van der Waals surface area contributed by atoms with Crippen molar-refractivity contribution in [2.24, 2.45) is 0 Å². The second-order valence-electron chi connectivity index (χ2n) is 17.4. The number of ether oxygens (including phenoxy) is 1. The zero-order valence-corrected chi connectivity index (χ0v) is 38.5. The maximum atomic E-state index is 6.75. The quantitative estimate of drug-likeness (QED) is 0.142. The summed E-state index contributed by atoms with van der Waals surface area (Å²) in [6, 6.07) is 75.8. The van der Waals surface area contributed by atoms with Gasteiger partial charge < -0.3 is 0 Å². The first-order chi connectivity index (χ1) is 31.8. The summed E-state index contributed by atoms with van der Waals surface area (Å²) >= 11 is 2.48. The molecule has 0 atom stereocenters. The van der Waals surface area contributed by atoms with E-state index in [-0.39, 0.29) is 5.41 Å². The van der Waals surface area contributed by atoms with E-state index in [1.807, 2.05) is 24.4 Å². The Morgan fingerprint density at radius 2 is 1.12 bits per heavy atom. The molecule has 0 radical (unpaired) electrons. The van der Waals surface area contributed by atoms with Crippen molar-refractivity contribution in [3.05, 3.63) is 227 Å². The molecule has 5 nitrogen and oxygen atoms in total. The Labute approximate surface area is 390 Å². The summed E-state index contributed by atoms with van der Waals surface area (Å²) in [5.41, 5.74) is 16.7. The molecule has 2 aromatic heterocycles. The topological polar surface area (TPSA) is 35.2 Å². The van der Waals surface area contributed by atoms with Gasteiger partial charge in [-0.25, -0.2) is 0 Å². The number of para-hydroxylation sites is 3. The number of imidazole rings is 1. The number of hydrogen-bond acceptors (Lipinski definition) is 3. The van der Waals surface area contributed by atoms with Crippen molar-refractivity contribution in [1.82, 2.24) is 14.1 Å². The van der Waals surface area contributed by atoms with E-state index in [9.17, 15) is 0 Å². The van der Waals surface area contributed by atoms with E-state index in [1.54, 1.807) is 0 Å². The summed E-state index contributed by atoms with van der Waals surface area (Å²) in [7, 11) is 0. The van der Waals surface area contributed by atoms with Crippen LogP contribution in [0.3, 0.4) is 0 Å². The van der Waals surface area contributed by atoms with Gasteiger partial charge in [0.25, 0.3) is 0 Å². The molecule has 10 aromatic rings. The molecule has 318 valence electrons. The number of benzene rings is 8. The third-order valence-corrected chi connectivity index (χ3v) is 13.3. The zero-order valence-electron chi connectivity index (χ0n) is 36.3. The van der Waals surface area contributed by atoms with Crippen LogP contribution >= 0.6 is 0 Å². The van der Waals surface area contributed by atoms with Gasteiger partial charge in [0.05, 0.1) is 0 Å². The van der Waals surface area contributed by atoms with Crippen LogP contribution in [0.2, 0.25) is 0 Å². The molecular weight excluding hydrogens is 976 g/mol. The zero-order chi connectivity index (χ0) is 44.1. The van der Waals surface area contributed by atoms with Crippen LogP contribution in [-0.4, -0.2) is 14.1 Å². The number of nitrogens with zero attached hydrogens (tertiary/aromatic N) is 4. The van der Waals surface area contributed by atoms with Crippen molar-refractivity contribution in [2.75, 3.05) is 4.90 Å². The van der Waals surface area contributed by atoms with Crippen molar-refractivity contribution >= 4 is 22.5 Å².